The van der Waals surface area contributed by atoms with Gasteiger partial charge in [0.2, 0.25) is 0 Å². The second-order valence-electron chi connectivity index (χ2n) is 2.30. The van der Waals surface area contributed by atoms with Crippen molar-refractivity contribution < 1.29 is 9.52 Å². The lowest BCUT2D eigenvalue weighted by atomic mass is 10.2. The Labute approximate surface area is 59.5 Å². The van der Waals surface area contributed by atoms with Gasteiger partial charge in [0.25, 0.3) is 0 Å². The molecule has 0 aliphatic rings. The highest BCUT2D eigenvalue weighted by atomic mass is 16.3. The van der Waals surface area contributed by atoms with Gasteiger partial charge < -0.3 is 15.3 Å². The Morgan fingerprint density at radius 2 is 2.50 bits per heavy atom. The minimum absolute atomic E-state index is 0.0101. The molecule has 0 radical (unpaired) electrons. The molecule has 0 aliphatic carbocycles. The molecule has 1 atom stereocenters. The van der Waals surface area contributed by atoms with E-state index in [1.54, 1.807) is 6.07 Å². The van der Waals surface area contributed by atoms with E-state index in [9.17, 15) is 0 Å². The summed E-state index contributed by atoms with van der Waals surface area (Å²) in [6.45, 7) is 1.84. The smallest absolute Gasteiger partial charge is 0.120 e. The summed E-state index contributed by atoms with van der Waals surface area (Å²) in [7, 11) is 0. The molecule has 0 saturated heterocycles. The zero-order valence-corrected chi connectivity index (χ0v) is 5.87. The van der Waals surface area contributed by atoms with Gasteiger partial charge in [-0.15, -0.1) is 0 Å². The highest BCUT2D eigenvalue weighted by Crippen LogP contribution is 2.13. The summed E-state index contributed by atoms with van der Waals surface area (Å²) in [5.74, 6) is 0.712. The molecule has 0 saturated carbocycles. The van der Waals surface area contributed by atoms with Gasteiger partial charge in [0, 0.05) is 5.56 Å². The van der Waals surface area contributed by atoms with Crippen molar-refractivity contribution in [3.8, 4) is 0 Å². The summed E-state index contributed by atoms with van der Waals surface area (Å²) >= 11 is 0. The SMILES string of the molecule is CC(N)c1cc(CO)co1. The lowest BCUT2D eigenvalue weighted by Gasteiger charge is -1.96. The maximum absolute atomic E-state index is 8.63. The van der Waals surface area contributed by atoms with Gasteiger partial charge in [-0.3, -0.25) is 0 Å². The van der Waals surface area contributed by atoms with E-state index in [2.05, 4.69) is 0 Å². The Kier molecular flexibility index (Phi) is 2.09. The Morgan fingerprint density at radius 3 is 2.80 bits per heavy atom. The summed E-state index contributed by atoms with van der Waals surface area (Å²) < 4.78 is 5.03. The predicted octanol–water partition coefficient (Wildman–Crippen LogP) is 0.792. The van der Waals surface area contributed by atoms with Gasteiger partial charge in [-0.1, -0.05) is 0 Å². The number of furan rings is 1. The zero-order valence-electron chi connectivity index (χ0n) is 5.87. The van der Waals surface area contributed by atoms with Crippen LogP contribution in [0.1, 0.15) is 24.3 Å². The molecule has 3 nitrogen and oxygen atoms in total. The van der Waals surface area contributed by atoms with Crippen LogP contribution in [0.4, 0.5) is 0 Å². The van der Waals surface area contributed by atoms with Crippen molar-refractivity contribution in [2.45, 2.75) is 19.6 Å². The molecule has 0 spiro atoms. The second kappa shape index (κ2) is 2.86. The summed E-state index contributed by atoms with van der Waals surface area (Å²) in [6.07, 6.45) is 1.51. The molecule has 3 N–H and O–H groups in total. The predicted molar refractivity (Wildman–Crippen MR) is 37.2 cm³/mol. The van der Waals surface area contributed by atoms with Crippen LogP contribution in [0.3, 0.4) is 0 Å². The Morgan fingerprint density at radius 1 is 1.80 bits per heavy atom. The fourth-order valence-corrected chi connectivity index (χ4v) is 0.716. The number of nitrogens with two attached hydrogens (primary N) is 1. The van der Waals surface area contributed by atoms with Crippen molar-refractivity contribution in [3.05, 3.63) is 23.7 Å². The van der Waals surface area contributed by atoms with E-state index in [1.165, 1.54) is 6.26 Å². The van der Waals surface area contributed by atoms with E-state index < -0.39 is 0 Å². The van der Waals surface area contributed by atoms with Crippen molar-refractivity contribution in [1.82, 2.24) is 0 Å². The molecular weight excluding hydrogens is 130 g/mol. The lowest BCUT2D eigenvalue weighted by Crippen LogP contribution is -2.02. The Balaban J connectivity index is 2.78. The summed E-state index contributed by atoms with van der Waals surface area (Å²) in [5, 5.41) is 8.63. The average molecular weight is 141 g/mol. The number of hydrogen-bond acceptors (Lipinski definition) is 3. The van der Waals surface area contributed by atoms with Crippen molar-refractivity contribution in [2.75, 3.05) is 0 Å². The van der Waals surface area contributed by atoms with Crippen LogP contribution in [0.15, 0.2) is 16.7 Å². The lowest BCUT2D eigenvalue weighted by molar-refractivity contribution is 0.280. The second-order valence-corrected chi connectivity index (χ2v) is 2.30. The van der Waals surface area contributed by atoms with Crippen LogP contribution < -0.4 is 5.73 Å². The average Bonchev–Trinajstić information content (AvgIpc) is 2.34. The molecule has 1 unspecified atom stereocenters. The molecule has 10 heavy (non-hydrogen) atoms. The molecule has 56 valence electrons. The quantitative estimate of drug-likeness (QED) is 0.640. The monoisotopic (exact) mass is 141 g/mol. The van der Waals surface area contributed by atoms with Crippen molar-refractivity contribution >= 4 is 0 Å². The van der Waals surface area contributed by atoms with Crippen LogP contribution in [-0.4, -0.2) is 5.11 Å². The number of rotatable bonds is 2. The van der Waals surface area contributed by atoms with E-state index >= 15 is 0 Å². The molecule has 0 fully saturated rings. The van der Waals surface area contributed by atoms with Crippen LogP contribution in [0.2, 0.25) is 0 Å². The summed E-state index contributed by atoms with van der Waals surface area (Å²) in [5.41, 5.74) is 6.28. The molecule has 3 heteroatoms. The van der Waals surface area contributed by atoms with Crippen LogP contribution in [0, 0.1) is 0 Å². The van der Waals surface area contributed by atoms with Gasteiger partial charge in [-0.25, -0.2) is 0 Å². The first-order valence-corrected chi connectivity index (χ1v) is 3.17. The van der Waals surface area contributed by atoms with Crippen LogP contribution in [-0.2, 0) is 6.61 Å². The maximum Gasteiger partial charge on any atom is 0.120 e. The van der Waals surface area contributed by atoms with Gasteiger partial charge >= 0.3 is 0 Å². The number of hydrogen-bond donors (Lipinski definition) is 2. The Hall–Kier alpha value is -0.800. The molecule has 1 aromatic heterocycles. The third-order valence-electron chi connectivity index (χ3n) is 1.31. The third kappa shape index (κ3) is 1.37. The fourth-order valence-electron chi connectivity index (χ4n) is 0.716. The zero-order chi connectivity index (χ0) is 7.56. The largest absolute Gasteiger partial charge is 0.467 e. The van der Waals surface area contributed by atoms with Crippen molar-refractivity contribution in [1.29, 1.82) is 0 Å². The molecule has 0 aliphatic heterocycles. The van der Waals surface area contributed by atoms with Gasteiger partial charge in [-0.2, -0.15) is 0 Å². The standard InChI is InChI=1S/C7H11NO2/c1-5(8)7-2-6(3-9)4-10-7/h2,4-5,9H,3,8H2,1H3. The maximum atomic E-state index is 8.63. The number of aliphatic hydroxyl groups excluding tert-OH is 1. The van der Waals surface area contributed by atoms with Crippen molar-refractivity contribution in [3.63, 3.8) is 0 Å². The highest BCUT2D eigenvalue weighted by molar-refractivity contribution is 5.13. The van der Waals surface area contributed by atoms with Crippen LogP contribution in [0.5, 0.6) is 0 Å². The highest BCUT2D eigenvalue weighted by Gasteiger charge is 2.03. The molecule has 0 bridgehead atoms. The summed E-state index contributed by atoms with van der Waals surface area (Å²) in [4.78, 5) is 0. The minimum Gasteiger partial charge on any atom is -0.467 e. The van der Waals surface area contributed by atoms with E-state index in [0.717, 1.165) is 5.56 Å². The topological polar surface area (TPSA) is 59.4 Å². The first-order chi connectivity index (χ1) is 4.74. The third-order valence-corrected chi connectivity index (χ3v) is 1.31. The van der Waals surface area contributed by atoms with Gasteiger partial charge in [-0.05, 0) is 13.0 Å². The van der Waals surface area contributed by atoms with E-state index in [4.69, 9.17) is 15.3 Å². The van der Waals surface area contributed by atoms with Crippen molar-refractivity contribution in [2.24, 2.45) is 5.73 Å². The normalized spacial score (nSPS) is 13.5. The Bertz CT molecular complexity index is 205. The first kappa shape index (κ1) is 7.31. The van der Waals surface area contributed by atoms with E-state index in [1.807, 2.05) is 6.92 Å². The van der Waals surface area contributed by atoms with Gasteiger partial charge in [0.1, 0.15) is 5.76 Å². The molecule has 1 heterocycles. The summed E-state index contributed by atoms with van der Waals surface area (Å²) in [6, 6.07) is 1.66. The van der Waals surface area contributed by atoms with E-state index in [0.29, 0.717) is 5.76 Å². The van der Waals surface area contributed by atoms with Gasteiger partial charge in [0.15, 0.2) is 0 Å². The molecule has 1 rings (SSSR count). The van der Waals surface area contributed by atoms with Gasteiger partial charge in [0.05, 0.1) is 18.9 Å². The first-order valence-electron chi connectivity index (χ1n) is 3.17. The minimum atomic E-state index is -0.0969. The van der Waals surface area contributed by atoms with Crippen LogP contribution in [0.25, 0.3) is 0 Å². The molecule has 0 aromatic carbocycles. The molecule has 1 aromatic rings. The molecule has 0 amide bonds. The number of aliphatic hydroxyl groups is 1. The fraction of sp³-hybridized carbons (Fsp3) is 0.429. The van der Waals surface area contributed by atoms with Crippen LogP contribution >= 0.6 is 0 Å². The van der Waals surface area contributed by atoms with E-state index in [-0.39, 0.29) is 12.6 Å². The molecular formula is C7H11NO2.